The van der Waals surface area contributed by atoms with Crippen LogP contribution in [0.1, 0.15) is 35.6 Å². The number of aliphatic hydroxyl groups excluding tert-OH is 1. The van der Waals surface area contributed by atoms with Gasteiger partial charge in [0.2, 0.25) is 20.2 Å². The minimum Gasteiger partial charge on any atom is -0.394 e. The number of nitrogens with zero attached hydrogens (tertiary/aromatic N) is 2. The standard InChI is InChI=1S/C39H43FN4O5Si/c1-5-16-43-33-15-14-28(42-35(46)18-27-21-41-32-13-9-8-12-30(27)32)19-31(33)39(38(43)48)24(2)37(50(3,4)40)34(49-39)20-36(47)44-22-26-11-7-6-10-25(26)17-29(44)23-45/h5-15,19,21,24,29,34,37,41,45H,1,16-18,20,22-23H2,2-4H3,(H,42,46)/t24-,29+,34+,37-,39+/m1/s1. The number of aromatic nitrogens is 1. The summed E-state index contributed by atoms with van der Waals surface area (Å²) in [4.78, 5) is 48.4. The van der Waals surface area contributed by atoms with Crippen molar-refractivity contribution in [1.29, 1.82) is 0 Å². The lowest BCUT2D eigenvalue weighted by atomic mass is 9.82. The van der Waals surface area contributed by atoms with Crippen LogP contribution in [0.15, 0.2) is 85.6 Å². The Morgan fingerprint density at radius 2 is 1.88 bits per heavy atom. The topological polar surface area (TPSA) is 115 Å². The molecule has 5 atom stereocenters. The minimum absolute atomic E-state index is 0.124. The van der Waals surface area contributed by atoms with E-state index in [-0.39, 0.29) is 43.7 Å². The Morgan fingerprint density at radius 1 is 1.14 bits per heavy atom. The fraction of sp³-hybridized carbons (Fsp3) is 0.359. The molecule has 1 spiro atoms. The van der Waals surface area contributed by atoms with Gasteiger partial charge in [-0.1, -0.05) is 55.5 Å². The highest BCUT2D eigenvalue weighted by molar-refractivity contribution is 6.72. The summed E-state index contributed by atoms with van der Waals surface area (Å²) in [6.07, 6.45) is 3.13. The van der Waals surface area contributed by atoms with Crippen LogP contribution in [-0.2, 0) is 44.1 Å². The Balaban J connectivity index is 1.20. The van der Waals surface area contributed by atoms with Crippen LogP contribution in [0, 0.1) is 5.92 Å². The molecular weight excluding hydrogens is 652 g/mol. The smallest absolute Gasteiger partial charge is 0.264 e. The SMILES string of the molecule is C=CCN1C(=O)[C@@]2(O[C@@H](CC(=O)N3Cc4ccccc4C[C@H]3CO)[C@H]([Si](C)(C)F)[C@H]2C)c2cc(NC(=O)Cc3c[nH]c4ccccc34)ccc21. The predicted octanol–water partition coefficient (Wildman–Crippen LogP) is 5.99. The maximum absolute atomic E-state index is 16.4. The second-order valence-corrected chi connectivity index (χ2v) is 18.1. The lowest BCUT2D eigenvalue weighted by Gasteiger charge is -2.37. The number of ether oxygens (including phenoxy) is 1. The third kappa shape index (κ3) is 5.67. The first kappa shape index (κ1) is 33.9. The molecule has 1 aromatic heterocycles. The number of hydrogen-bond donors (Lipinski definition) is 3. The largest absolute Gasteiger partial charge is 0.394 e. The van der Waals surface area contributed by atoms with E-state index in [9.17, 15) is 19.5 Å². The average molecular weight is 695 g/mol. The number of rotatable bonds is 9. The highest BCUT2D eigenvalue weighted by atomic mass is 28.4. The molecule has 0 radical (unpaired) electrons. The van der Waals surface area contributed by atoms with E-state index in [0.29, 0.717) is 29.9 Å². The van der Waals surface area contributed by atoms with Gasteiger partial charge in [0, 0.05) is 52.9 Å². The fourth-order valence-electron chi connectivity index (χ4n) is 8.62. The molecule has 3 N–H and O–H groups in total. The van der Waals surface area contributed by atoms with Crippen LogP contribution in [0.3, 0.4) is 0 Å². The summed E-state index contributed by atoms with van der Waals surface area (Å²) in [6, 6.07) is 20.5. The van der Waals surface area contributed by atoms with Crippen LogP contribution in [0.4, 0.5) is 15.5 Å². The summed E-state index contributed by atoms with van der Waals surface area (Å²) >= 11 is 0. The number of amides is 3. The van der Waals surface area contributed by atoms with E-state index in [4.69, 9.17) is 4.74 Å². The molecule has 260 valence electrons. The van der Waals surface area contributed by atoms with Gasteiger partial charge in [-0.05, 0) is 60.5 Å². The van der Waals surface area contributed by atoms with Crippen molar-refractivity contribution in [1.82, 2.24) is 9.88 Å². The van der Waals surface area contributed by atoms with Crippen molar-refractivity contribution < 1.29 is 28.3 Å². The summed E-state index contributed by atoms with van der Waals surface area (Å²) < 4.78 is 23.3. The molecule has 4 aromatic rings. The van der Waals surface area contributed by atoms with Gasteiger partial charge in [-0.15, -0.1) is 6.58 Å². The number of hydrogen-bond acceptors (Lipinski definition) is 5. The number of carbonyl (C=O) groups excluding carboxylic acids is 3. The normalized spacial score (nSPS) is 24.5. The van der Waals surface area contributed by atoms with Crippen LogP contribution in [0.2, 0.25) is 18.6 Å². The summed E-state index contributed by atoms with van der Waals surface area (Å²) in [5.41, 5.74) is 3.30. The van der Waals surface area contributed by atoms with Crippen molar-refractivity contribution in [3.63, 3.8) is 0 Å². The molecule has 3 aliphatic rings. The van der Waals surface area contributed by atoms with E-state index in [1.807, 2.05) is 61.7 Å². The zero-order valence-corrected chi connectivity index (χ0v) is 29.6. The van der Waals surface area contributed by atoms with Gasteiger partial charge in [-0.3, -0.25) is 14.4 Å². The molecule has 3 amide bonds. The van der Waals surface area contributed by atoms with Crippen LogP contribution in [0.5, 0.6) is 0 Å². The molecule has 1 saturated heterocycles. The van der Waals surface area contributed by atoms with Gasteiger partial charge in [0.25, 0.3) is 5.91 Å². The molecule has 4 heterocycles. The summed E-state index contributed by atoms with van der Waals surface area (Å²) in [7, 11) is -3.54. The molecule has 0 saturated carbocycles. The molecule has 3 aromatic carbocycles. The van der Waals surface area contributed by atoms with Gasteiger partial charge in [-0.2, -0.15) is 0 Å². The number of anilines is 2. The molecule has 50 heavy (non-hydrogen) atoms. The first-order valence-corrected chi connectivity index (χ1v) is 20.2. The van der Waals surface area contributed by atoms with Gasteiger partial charge >= 0.3 is 0 Å². The third-order valence-electron chi connectivity index (χ3n) is 10.8. The number of aromatic amines is 1. The van der Waals surface area contributed by atoms with Crippen molar-refractivity contribution >= 4 is 48.4 Å². The Hall–Kier alpha value is -4.58. The fourth-order valence-corrected chi connectivity index (χ4v) is 11.1. The summed E-state index contributed by atoms with van der Waals surface area (Å²) in [5.74, 6) is -1.42. The number of fused-ring (bicyclic) bond motifs is 4. The van der Waals surface area contributed by atoms with Gasteiger partial charge in [0.05, 0.1) is 37.3 Å². The monoisotopic (exact) mass is 694 g/mol. The molecule has 7 rings (SSSR count). The second-order valence-electron chi connectivity index (χ2n) is 14.3. The minimum atomic E-state index is -3.54. The van der Waals surface area contributed by atoms with Crippen LogP contribution in [0.25, 0.3) is 10.9 Å². The van der Waals surface area contributed by atoms with E-state index >= 15 is 4.11 Å². The molecule has 0 aliphatic carbocycles. The molecular formula is C39H43FN4O5Si. The quantitative estimate of drug-likeness (QED) is 0.113. The van der Waals surface area contributed by atoms with Gasteiger partial charge in [-0.25, -0.2) is 0 Å². The lowest BCUT2D eigenvalue weighted by Crippen LogP contribution is -2.48. The van der Waals surface area contributed by atoms with Gasteiger partial charge in [0.15, 0.2) is 5.60 Å². The van der Waals surface area contributed by atoms with Crippen molar-refractivity contribution in [3.8, 4) is 0 Å². The second kappa shape index (κ2) is 12.9. The van der Waals surface area contributed by atoms with Crippen molar-refractivity contribution in [2.45, 2.75) is 69.1 Å². The number of halogens is 1. The zero-order valence-electron chi connectivity index (χ0n) is 28.6. The predicted molar refractivity (Wildman–Crippen MR) is 194 cm³/mol. The number of para-hydroxylation sites is 1. The van der Waals surface area contributed by atoms with Gasteiger partial charge < -0.3 is 34.1 Å². The van der Waals surface area contributed by atoms with E-state index in [1.165, 1.54) is 0 Å². The first-order chi connectivity index (χ1) is 24.0. The molecule has 3 aliphatic heterocycles. The van der Waals surface area contributed by atoms with Crippen LogP contribution >= 0.6 is 0 Å². The van der Waals surface area contributed by atoms with E-state index in [2.05, 4.69) is 16.9 Å². The summed E-state index contributed by atoms with van der Waals surface area (Å²) in [6.45, 7) is 9.26. The number of nitrogens with one attached hydrogen (secondary N) is 2. The summed E-state index contributed by atoms with van der Waals surface area (Å²) in [5, 5.41) is 14.2. The number of carbonyl (C=O) groups is 3. The van der Waals surface area contributed by atoms with Crippen molar-refractivity contribution in [3.05, 3.63) is 108 Å². The Labute approximate surface area is 292 Å². The van der Waals surface area contributed by atoms with Crippen LogP contribution < -0.4 is 10.2 Å². The lowest BCUT2D eigenvalue weighted by molar-refractivity contribution is -0.150. The van der Waals surface area contributed by atoms with Crippen LogP contribution in [-0.4, -0.2) is 66.4 Å². The Morgan fingerprint density at radius 3 is 2.62 bits per heavy atom. The van der Waals surface area contributed by atoms with Crippen molar-refractivity contribution in [2.24, 2.45) is 5.92 Å². The third-order valence-corrected chi connectivity index (χ3v) is 13.3. The zero-order chi connectivity index (χ0) is 35.4. The molecule has 0 unspecified atom stereocenters. The molecule has 0 bridgehead atoms. The highest BCUT2D eigenvalue weighted by Gasteiger charge is 2.67. The first-order valence-electron chi connectivity index (χ1n) is 17.2. The number of H-pyrrole nitrogens is 1. The maximum Gasteiger partial charge on any atom is 0.264 e. The van der Waals surface area contributed by atoms with E-state index in [0.717, 1.165) is 27.6 Å². The maximum atomic E-state index is 16.4. The van der Waals surface area contributed by atoms with Gasteiger partial charge in [0.1, 0.15) is 0 Å². The molecule has 11 heteroatoms. The Bertz CT molecular complexity index is 1990. The highest BCUT2D eigenvalue weighted by Crippen LogP contribution is 2.60. The molecule has 1 fully saturated rings. The van der Waals surface area contributed by atoms with Crippen molar-refractivity contribution in [2.75, 3.05) is 23.4 Å². The number of benzene rings is 3. The number of aliphatic hydroxyl groups is 1. The van der Waals surface area contributed by atoms with E-state index in [1.54, 1.807) is 47.2 Å². The van der Waals surface area contributed by atoms with E-state index < -0.39 is 37.6 Å². The molecule has 9 nitrogen and oxygen atoms in total. The Kier molecular flexibility index (Phi) is 8.78. The average Bonchev–Trinajstić information content (AvgIpc) is 3.70.